The fourth-order valence-corrected chi connectivity index (χ4v) is 3.72. The van der Waals surface area contributed by atoms with E-state index in [0.29, 0.717) is 5.13 Å². The molecular formula is C18H17N5O2S. The summed E-state index contributed by atoms with van der Waals surface area (Å²) in [6.45, 7) is -0.117. The second-order valence-electron chi connectivity index (χ2n) is 6.15. The van der Waals surface area contributed by atoms with Crippen LogP contribution in [0.1, 0.15) is 24.1 Å². The molecule has 0 atom stereocenters. The van der Waals surface area contributed by atoms with E-state index in [1.807, 2.05) is 17.5 Å². The summed E-state index contributed by atoms with van der Waals surface area (Å²) in [5, 5.41) is 9.44. The van der Waals surface area contributed by atoms with E-state index in [9.17, 15) is 9.59 Å². The molecule has 3 heterocycles. The zero-order valence-corrected chi connectivity index (χ0v) is 14.8. The monoisotopic (exact) mass is 367 g/mol. The van der Waals surface area contributed by atoms with Crippen molar-refractivity contribution < 1.29 is 4.79 Å². The number of amides is 1. The number of pyridine rings is 1. The SMILES string of the molecule is O=C(Cn1nc2c(cc1=O)CCCC2)Nc1nc(-c2cccnc2)cs1. The molecule has 26 heavy (non-hydrogen) atoms. The zero-order chi connectivity index (χ0) is 17.9. The third-order valence-corrected chi connectivity index (χ3v) is 5.03. The molecule has 0 fully saturated rings. The predicted octanol–water partition coefficient (Wildman–Crippen LogP) is 2.28. The van der Waals surface area contributed by atoms with Crippen molar-refractivity contribution in [2.75, 3.05) is 5.32 Å². The molecule has 1 aliphatic carbocycles. The number of rotatable bonds is 4. The second kappa shape index (κ2) is 7.17. The Morgan fingerprint density at radius 3 is 3.04 bits per heavy atom. The van der Waals surface area contributed by atoms with Crippen LogP contribution in [-0.4, -0.2) is 25.7 Å². The average molecular weight is 367 g/mol. The van der Waals surface area contributed by atoms with E-state index in [4.69, 9.17) is 0 Å². The topological polar surface area (TPSA) is 89.8 Å². The molecule has 3 aromatic rings. The van der Waals surface area contributed by atoms with Gasteiger partial charge in [0.2, 0.25) is 5.91 Å². The van der Waals surface area contributed by atoms with Gasteiger partial charge >= 0.3 is 0 Å². The highest BCUT2D eigenvalue weighted by Crippen LogP contribution is 2.24. The van der Waals surface area contributed by atoms with Crippen molar-refractivity contribution in [3.05, 3.63) is 57.6 Å². The highest BCUT2D eigenvalue weighted by molar-refractivity contribution is 7.14. The fourth-order valence-electron chi connectivity index (χ4n) is 2.99. The maximum absolute atomic E-state index is 12.3. The highest BCUT2D eigenvalue weighted by Gasteiger charge is 2.15. The minimum Gasteiger partial charge on any atom is -0.300 e. The van der Waals surface area contributed by atoms with Crippen LogP contribution >= 0.6 is 11.3 Å². The quantitative estimate of drug-likeness (QED) is 0.764. The third kappa shape index (κ3) is 3.55. The number of carbonyl (C=O) groups excluding carboxylic acids is 1. The molecule has 0 bridgehead atoms. The summed E-state index contributed by atoms with van der Waals surface area (Å²) in [5.74, 6) is -0.317. The molecule has 1 amide bonds. The highest BCUT2D eigenvalue weighted by atomic mass is 32.1. The predicted molar refractivity (Wildman–Crippen MR) is 99.1 cm³/mol. The Labute approximate surface area is 153 Å². The van der Waals surface area contributed by atoms with Gasteiger partial charge in [-0.3, -0.25) is 14.6 Å². The van der Waals surface area contributed by atoms with Crippen molar-refractivity contribution in [1.82, 2.24) is 19.7 Å². The number of fused-ring (bicyclic) bond motifs is 1. The lowest BCUT2D eigenvalue weighted by Crippen LogP contribution is -2.31. The van der Waals surface area contributed by atoms with Gasteiger partial charge in [0, 0.05) is 29.4 Å². The smallest absolute Gasteiger partial charge is 0.267 e. The standard InChI is InChI=1S/C18H17N5O2S/c24-16(10-23-17(25)8-12-4-1-2-6-14(12)22-23)21-18-20-15(11-26-18)13-5-3-7-19-9-13/h3,5,7-9,11H,1-2,4,6,10H2,(H,20,21,24). The zero-order valence-electron chi connectivity index (χ0n) is 14.0. The van der Waals surface area contributed by atoms with E-state index in [1.54, 1.807) is 18.5 Å². The lowest BCUT2D eigenvalue weighted by atomic mass is 9.97. The molecule has 0 unspecified atom stereocenters. The van der Waals surface area contributed by atoms with Crippen molar-refractivity contribution in [2.45, 2.75) is 32.2 Å². The van der Waals surface area contributed by atoms with Gasteiger partial charge in [-0.25, -0.2) is 9.67 Å². The van der Waals surface area contributed by atoms with Crippen LogP contribution in [0.2, 0.25) is 0 Å². The number of nitrogens with zero attached hydrogens (tertiary/aromatic N) is 4. The lowest BCUT2D eigenvalue weighted by molar-refractivity contribution is -0.117. The Balaban J connectivity index is 1.46. The van der Waals surface area contributed by atoms with Crippen LogP contribution in [0.25, 0.3) is 11.3 Å². The molecule has 8 heteroatoms. The van der Waals surface area contributed by atoms with Gasteiger partial charge in [0.15, 0.2) is 5.13 Å². The third-order valence-electron chi connectivity index (χ3n) is 4.28. The Morgan fingerprint density at radius 2 is 2.19 bits per heavy atom. The van der Waals surface area contributed by atoms with E-state index in [2.05, 4.69) is 20.4 Å². The van der Waals surface area contributed by atoms with Crippen LogP contribution < -0.4 is 10.9 Å². The number of aromatic nitrogens is 4. The largest absolute Gasteiger partial charge is 0.300 e. The molecule has 0 spiro atoms. The number of hydrogen-bond donors (Lipinski definition) is 1. The first-order valence-corrected chi connectivity index (χ1v) is 9.33. The molecule has 0 aliphatic heterocycles. The Hall–Kier alpha value is -2.87. The molecule has 0 saturated heterocycles. The Kier molecular flexibility index (Phi) is 4.57. The molecular weight excluding hydrogens is 350 g/mol. The molecule has 0 aromatic carbocycles. The average Bonchev–Trinajstić information content (AvgIpc) is 3.11. The number of thiazole rings is 1. The summed E-state index contributed by atoms with van der Waals surface area (Å²) in [5.41, 5.74) is 3.34. The van der Waals surface area contributed by atoms with Gasteiger partial charge in [0.25, 0.3) is 5.56 Å². The van der Waals surface area contributed by atoms with Crippen molar-refractivity contribution in [1.29, 1.82) is 0 Å². The molecule has 132 valence electrons. The normalized spacial score (nSPS) is 13.2. The molecule has 0 saturated carbocycles. The minimum absolute atomic E-state index is 0.117. The van der Waals surface area contributed by atoms with Crippen molar-refractivity contribution in [3.8, 4) is 11.3 Å². The first-order chi connectivity index (χ1) is 12.7. The molecule has 1 N–H and O–H groups in total. The molecule has 0 radical (unpaired) electrons. The summed E-state index contributed by atoms with van der Waals surface area (Å²) >= 11 is 1.33. The van der Waals surface area contributed by atoms with Gasteiger partial charge in [-0.05, 0) is 43.4 Å². The van der Waals surface area contributed by atoms with Gasteiger partial charge in [0.1, 0.15) is 6.54 Å². The van der Waals surface area contributed by atoms with Crippen LogP contribution in [0.3, 0.4) is 0 Å². The van der Waals surface area contributed by atoms with Gasteiger partial charge < -0.3 is 5.32 Å². The number of hydrogen-bond acceptors (Lipinski definition) is 6. The summed E-state index contributed by atoms with van der Waals surface area (Å²) in [4.78, 5) is 32.9. The van der Waals surface area contributed by atoms with Crippen LogP contribution in [0.15, 0.2) is 40.8 Å². The summed E-state index contributed by atoms with van der Waals surface area (Å²) in [6, 6.07) is 5.35. The van der Waals surface area contributed by atoms with E-state index in [1.165, 1.54) is 16.0 Å². The second-order valence-corrected chi connectivity index (χ2v) is 7.01. The van der Waals surface area contributed by atoms with Crippen LogP contribution in [0.4, 0.5) is 5.13 Å². The van der Waals surface area contributed by atoms with E-state index >= 15 is 0 Å². The summed E-state index contributed by atoms with van der Waals surface area (Å²) in [6.07, 6.45) is 7.32. The fraction of sp³-hybridized carbons (Fsp3) is 0.278. The van der Waals surface area contributed by atoms with E-state index in [0.717, 1.165) is 48.2 Å². The van der Waals surface area contributed by atoms with Crippen molar-refractivity contribution in [2.24, 2.45) is 0 Å². The Morgan fingerprint density at radius 1 is 1.31 bits per heavy atom. The van der Waals surface area contributed by atoms with Gasteiger partial charge in [-0.1, -0.05) is 0 Å². The van der Waals surface area contributed by atoms with Crippen LogP contribution in [0, 0.1) is 0 Å². The van der Waals surface area contributed by atoms with E-state index < -0.39 is 0 Å². The van der Waals surface area contributed by atoms with Crippen LogP contribution in [0.5, 0.6) is 0 Å². The first-order valence-electron chi connectivity index (χ1n) is 8.45. The van der Waals surface area contributed by atoms with Crippen LogP contribution in [-0.2, 0) is 24.2 Å². The summed E-state index contributed by atoms with van der Waals surface area (Å²) < 4.78 is 1.23. The maximum atomic E-state index is 12.3. The molecule has 1 aliphatic rings. The van der Waals surface area contributed by atoms with Gasteiger partial charge in [-0.2, -0.15) is 5.10 Å². The molecule has 4 rings (SSSR count). The summed E-state index contributed by atoms with van der Waals surface area (Å²) in [7, 11) is 0. The first kappa shape index (κ1) is 16.6. The number of carbonyl (C=O) groups is 1. The van der Waals surface area contributed by atoms with Crippen molar-refractivity contribution >= 4 is 22.4 Å². The molecule has 7 nitrogen and oxygen atoms in total. The van der Waals surface area contributed by atoms with Gasteiger partial charge in [-0.15, -0.1) is 11.3 Å². The number of aryl methyl sites for hydroxylation is 2. The minimum atomic E-state index is -0.317. The van der Waals surface area contributed by atoms with Gasteiger partial charge in [0.05, 0.1) is 11.4 Å². The number of nitrogens with one attached hydrogen (secondary N) is 1. The maximum Gasteiger partial charge on any atom is 0.267 e. The molecule has 3 aromatic heterocycles. The lowest BCUT2D eigenvalue weighted by Gasteiger charge is -2.15. The Bertz CT molecular complexity index is 996. The van der Waals surface area contributed by atoms with E-state index in [-0.39, 0.29) is 18.0 Å². The van der Waals surface area contributed by atoms with Crippen molar-refractivity contribution in [3.63, 3.8) is 0 Å². The number of anilines is 1.